The zero-order valence-electron chi connectivity index (χ0n) is 13.1. The van der Waals surface area contributed by atoms with E-state index < -0.39 is 5.82 Å². The van der Waals surface area contributed by atoms with E-state index in [9.17, 15) is 4.39 Å². The largest absolute Gasteiger partial charge is 0.453 e. The van der Waals surface area contributed by atoms with E-state index in [0.29, 0.717) is 16.8 Å². The van der Waals surface area contributed by atoms with E-state index in [-0.39, 0.29) is 11.4 Å². The molecule has 0 radical (unpaired) electrons. The number of pyridine rings is 1. The van der Waals surface area contributed by atoms with Crippen molar-refractivity contribution in [3.8, 4) is 28.7 Å². The standard InChI is InChI=1S/C18H11FN4OS/c1-23-10-12(9-21-23)11-2-3-16(14(19)6-11)24-17-7-13(8-20)22-15-4-5-25-18(15)17/h2-7,9-10H,1H3. The second-order valence-corrected chi connectivity index (χ2v) is 6.32. The second-order valence-electron chi connectivity index (χ2n) is 5.40. The third-order valence-electron chi connectivity index (χ3n) is 3.68. The summed E-state index contributed by atoms with van der Waals surface area (Å²) < 4.78 is 22.7. The molecule has 0 aliphatic heterocycles. The van der Waals surface area contributed by atoms with Crippen LogP contribution in [0.5, 0.6) is 11.5 Å². The number of aromatic nitrogens is 3. The summed E-state index contributed by atoms with van der Waals surface area (Å²) in [6.45, 7) is 0. The van der Waals surface area contributed by atoms with Crippen LogP contribution in [0.2, 0.25) is 0 Å². The summed E-state index contributed by atoms with van der Waals surface area (Å²) in [4.78, 5) is 4.20. The Morgan fingerprint density at radius 1 is 1.20 bits per heavy atom. The summed E-state index contributed by atoms with van der Waals surface area (Å²) in [5, 5.41) is 15.0. The minimum Gasteiger partial charge on any atom is -0.453 e. The number of nitrogens with zero attached hydrogens (tertiary/aromatic N) is 4. The predicted molar refractivity (Wildman–Crippen MR) is 93.0 cm³/mol. The highest BCUT2D eigenvalue weighted by Crippen LogP contribution is 2.35. The van der Waals surface area contributed by atoms with Crippen molar-refractivity contribution in [3.05, 3.63) is 59.6 Å². The number of halogens is 1. The van der Waals surface area contributed by atoms with Gasteiger partial charge in [-0.05, 0) is 29.1 Å². The molecule has 3 aromatic heterocycles. The molecule has 0 fully saturated rings. The van der Waals surface area contributed by atoms with Crippen LogP contribution in [0, 0.1) is 17.1 Å². The molecule has 0 atom stereocenters. The van der Waals surface area contributed by atoms with Gasteiger partial charge in [0.15, 0.2) is 11.6 Å². The molecule has 0 spiro atoms. The maximum Gasteiger partial charge on any atom is 0.166 e. The van der Waals surface area contributed by atoms with Crippen LogP contribution in [0.3, 0.4) is 0 Å². The number of thiophene rings is 1. The number of ether oxygens (including phenoxy) is 1. The quantitative estimate of drug-likeness (QED) is 0.546. The number of nitriles is 1. The molecule has 0 amide bonds. The molecule has 4 rings (SSSR count). The van der Waals surface area contributed by atoms with E-state index in [1.807, 2.05) is 17.6 Å². The summed E-state index contributed by atoms with van der Waals surface area (Å²) in [6, 6.07) is 10.1. The van der Waals surface area contributed by atoms with Gasteiger partial charge in [-0.25, -0.2) is 9.37 Å². The zero-order chi connectivity index (χ0) is 17.4. The molecule has 0 saturated carbocycles. The van der Waals surface area contributed by atoms with Crippen LogP contribution in [0.15, 0.2) is 48.1 Å². The summed E-state index contributed by atoms with van der Waals surface area (Å²) >= 11 is 1.43. The topological polar surface area (TPSA) is 63.7 Å². The zero-order valence-corrected chi connectivity index (χ0v) is 13.9. The van der Waals surface area contributed by atoms with E-state index in [1.54, 1.807) is 36.1 Å². The SMILES string of the molecule is Cn1cc(-c2ccc(Oc3cc(C#N)nc4ccsc34)c(F)c2)cn1. The Kier molecular flexibility index (Phi) is 3.67. The van der Waals surface area contributed by atoms with E-state index >= 15 is 0 Å². The number of rotatable bonds is 3. The summed E-state index contributed by atoms with van der Waals surface area (Å²) in [6.07, 6.45) is 3.49. The lowest BCUT2D eigenvalue weighted by Crippen LogP contribution is -1.92. The molecule has 0 aliphatic carbocycles. The van der Waals surface area contributed by atoms with Gasteiger partial charge in [0.2, 0.25) is 0 Å². The molecule has 3 heterocycles. The molecule has 0 unspecified atom stereocenters. The average Bonchev–Trinajstić information content (AvgIpc) is 3.25. The number of hydrogen-bond donors (Lipinski definition) is 0. The van der Waals surface area contributed by atoms with Gasteiger partial charge in [-0.3, -0.25) is 4.68 Å². The van der Waals surface area contributed by atoms with Crippen LogP contribution >= 0.6 is 11.3 Å². The predicted octanol–water partition coefficient (Wildman–Crippen LogP) is 4.50. The molecular weight excluding hydrogens is 339 g/mol. The third-order valence-corrected chi connectivity index (χ3v) is 4.60. The minimum absolute atomic E-state index is 0.0948. The Bertz CT molecular complexity index is 1130. The highest BCUT2D eigenvalue weighted by molar-refractivity contribution is 7.17. The van der Waals surface area contributed by atoms with Gasteiger partial charge < -0.3 is 4.74 Å². The second kappa shape index (κ2) is 6.00. The Morgan fingerprint density at radius 2 is 2.08 bits per heavy atom. The normalized spacial score (nSPS) is 10.8. The summed E-state index contributed by atoms with van der Waals surface area (Å²) in [7, 11) is 1.81. The highest BCUT2D eigenvalue weighted by atomic mass is 32.1. The molecule has 0 aliphatic rings. The fraction of sp³-hybridized carbons (Fsp3) is 0.0556. The van der Waals surface area contributed by atoms with Gasteiger partial charge in [-0.15, -0.1) is 11.3 Å². The van der Waals surface area contributed by atoms with Crippen molar-refractivity contribution in [2.75, 3.05) is 0 Å². The molecule has 4 aromatic rings. The van der Waals surface area contributed by atoms with Gasteiger partial charge in [0, 0.05) is 24.9 Å². The molecule has 0 saturated heterocycles. The molecular formula is C18H11FN4OS. The van der Waals surface area contributed by atoms with Crippen LogP contribution < -0.4 is 4.74 Å². The molecule has 122 valence electrons. The number of hydrogen-bond acceptors (Lipinski definition) is 5. The fourth-order valence-electron chi connectivity index (χ4n) is 2.51. The van der Waals surface area contributed by atoms with Crippen molar-refractivity contribution in [2.24, 2.45) is 7.05 Å². The van der Waals surface area contributed by atoms with E-state index in [2.05, 4.69) is 10.1 Å². The first-order valence-electron chi connectivity index (χ1n) is 7.39. The number of fused-ring (bicyclic) bond motifs is 1. The maximum absolute atomic E-state index is 14.5. The molecule has 0 bridgehead atoms. The lowest BCUT2D eigenvalue weighted by atomic mass is 10.1. The van der Waals surface area contributed by atoms with Crippen molar-refractivity contribution >= 4 is 21.6 Å². The van der Waals surface area contributed by atoms with Gasteiger partial charge >= 0.3 is 0 Å². The molecule has 1 aromatic carbocycles. The van der Waals surface area contributed by atoms with Crippen molar-refractivity contribution in [2.45, 2.75) is 0 Å². The number of aryl methyl sites for hydroxylation is 1. The van der Waals surface area contributed by atoms with E-state index in [1.165, 1.54) is 23.5 Å². The Morgan fingerprint density at radius 3 is 2.80 bits per heavy atom. The number of benzene rings is 1. The Labute approximate surface area is 146 Å². The molecule has 0 N–H and O–H groups in total. The maximum atomic E-state index is 14.5. The summed E-state index contributed by atoms with van der Waals surface area (Å²) in [5.41, 5.74) is 2.43. The lowest BCUT2D eigenvalue weighted by molar-refractivity contribution is 0.447. The molecule has 25 heavy (non-hydrogen) atoms. The molecule has 7 heteroatoms. The molecule has 5 nitrogen and oxygen atoms in total. The first-order chi connectivity index (χ1) is 12.1. The van der Waals surface area contributed by atoms with Crippen molar-refractivity contribution in [1.29, 1.82) is 5.26 Å². The van der Waals surface area contributed by atoms with Gasteiger partial charge in [0.1, 0.15) is 17.5 Å². The van der Waals surface area contributed by atoms with Gasteiger partial charge in [-0.2, -0.15) is 10.4 Å². The van der Waals surface area contributed by atoms with Crippen molar-refractivity contribution < 1.29 is 9.13 Å². The summed E-state index contributed by atoms with van der Waals surface area (Å²) in [5.74, 6) is 0.0309. The van der Waals surface area contributed by atoms with Crippen LogP contribution in [-0.4, -0.2) is 14.8 Å². The smallest absolute Gasteiger partial charge is 0.166 e. The van der Waals surface area contributed by atoms with Crippen LogP contribution in [0.25, 0.3) is 21.3 Å². The average molecular weight is 350 g/mol. The fourth-order valence-corrected chi connectivity index (χ4v) is 3.30. The lowest BCUT2D eigenvalue weighted by Gasteiger charge is -2.09. The van der Waals surface area contributed by atoms with Crippen molar-refractivity contribution in [3.63, 3.8) is 0 Å². The first-order valence-corrected chi connectivity index (χ1v) is 8.27. The Hall–Kier alpha value is -3.24. The van der Waals surface area contributed by atoms with E-state index in [0.717, 1.165) is 10.3 Å². The van der Waals surface area contributed by atoms with Crippen LogP contribution in [0.4, 0.5) is 4.39 Å². The van der Waals surface area contributed by atoms with Crippen molar-refractivity contribution in [1.82, 2.24) is 14.8 Å². The van der Waals surface area contributed by atoms with Crippen LogP contribution in [-0.2, 0) is 7.05 Å². The van der Waals surface area contributed by atoms with Crippen LogP contribution in [0.1, 0.15) is 5.69 Å². The third kappa shape index (κ3) is 2.84. The first kappa shape index (κ1) is 15.3. The van der Waals surface area contributed by atoms with Gasteiger partial charge in [-0.1, -0.05) is 6.07 Å². The Balaban J connectivity index is 1.72. The monoisotopic (exact) mass is 350 g/mol. The van der Waals surface area contributed by atoms with Gasteiger partial charge in [0.05, 0.1) is 16.4 Å². The minimum atomic E-state index is -0.485. The highest BCUT2D eigenvalue weighted by Gasteiger charge is 2.13. The van der Waals surface area contributed by atoms with E-state index in [4.69, 9.17) is 10.00 Å². The van der Waals surface area contributed by atoms with Gasteiger partial charge in [0.25, 0.3) is 0 Å².